The number of pyridine rings is 1. The Balaban J connectivity index is 1.56. The Morgan fingerprint density at radius 1 is 1.16 bits per heavy atom. The van der Waals surface area contributed by atoms with Crippen molar-refractivity contribution in [2.45, 2.75) is 44.7 Å². The first-order valence-corrected chi connectivity index (χ1v) is 11.1. The molecule has 1 amide bonds. The first-order chi connectivity index (χ1) is 14.7. The van der Waals surface area contributed by atoms with Crippen LogP contribution in [0.4, 0.5) is 13.2 Å². The summed E-state index contributed by atoms with van der Waals surface area (Å²) in [6, 6.07) is 6.14. The van der Waals surface area contributed by atoms with Gasteiger partial charge in [0.25, 0.3) is 0 Å². The second-order valence-electron chi connectivity index (χ2n) is 9.39. The molecule has 168 valence electrons. The first kappa shape index (κ1) is 22.1. The van der Waals surface area contributed by atoms with Crippen LogP contribution in [0.2, 0.25) is 0 Å². The number of halogens is 3. The number of fused-ring (bicyclic) bond motifs is 1. The number of nitrogens with zero attached hydrogens (tertiary/aromatic N) is 3. The van der Waals surface area contributed by atoms with Gasteiger partial charge >= 0.3 is 6.18 Å². The highest BCUT2D eigenvalue weighted by Gasteiger charge is 2.36. The molecule has 2 saturated heterocycles. The van der Waals surface area contributed by atoms with Crippen molar-refractivity contribution >= 4 is 16.8 Å². The van der Waals surface area contributed by atoms with Gasteiger partial charge in [-0.2, -0.15) is 13.2 Å². The third kappa shape index (κ3) is 4.86. The third-order valence-electron chi connectivity index (χ3n) is 6.86. The lowest BCUT2D eigenvalue weighted by molar-refractivity contribution is -0.136. The standard InChI is InChI=1S/C24H30F3N3O/c1-16-12-18(15-30(14-16)22(31)13-17-7-10-29(2)11-8-17)19-5-6-21(24(25,26)27)23-20(19)4-3-9-28-23/h3-6,9,16-18H,7-8,10-15H2,1-2H3/t16?,18-/m0/s1. The zero-order chi connectivity index (χ0) is 22.2. The fourth-order valence-electron chi connectivity index (χ4n) is 5.20. The minimum atomic E-state index is -4.44. The summed E-state index contributed by atoms with van der Waals surface area (Å²) in [4.78, 5) is 21.4. The fraction of sp³-hybridized carbons (Fsp3) is 0.583. The number of hydrogen-bond acceptors (Lipinski definition) is 3. The van der Waals surface area contributed by atoms with E-state index >= 15 is 0 Å². The highest BCUT2D eigenvalue weighted by molar-refractivity contribution is 5.86. The summed E-state index contributed by atoms with van der Waals surface area (Å²) >= 11 is 0. The number of carbonyl (C=O) groups excluding carboxylic acids is 1. The van der Waals surface area contributed by atoms with E-state index in [0.29, 0.717) is 30.2 Å². The normalized spacial score (nSPS) is 24.0. The first-order valence-electron chi connectivity index (χ1n) is 11.1. The van der Waals surface area contributed by atoms with E-state index in [1.165, 1.54) is 6.20 Å². The smallest absolute Gasteiger partial charge is 0.342 e. The number of piperidine rings is 2. The van der Waals surface area contributed by atoms with Gasteiger partial charge in [-0.3, -0.25) is 9.78 Å². The monoisotopic (exact) mass is 433 g/mol. The summed E-state index contributed by atoms with van der Waals surface area (Å²) in [5, 5.41) is 0.541. The fourth-order valence-corrected chi connectivity index (χ4v) is 5.20. The highest BCUT2D eigenvalue weighted by atomic mass is 19.4. The summed E-state index contributed by atoms with van der Waals surface area (Å²) in [6.07, 6.45) is 0.480. The average molecular weight is 434 g/mol. The summed E-state index contributed by atoms with van der Waals surface area (Å²) in [7, 11) is 2.11. The molecule has 0 bridgehead atoms. The van der Waals surface area contributed by atoms with Gasteiger partial charge in [0.05, 0.1) is 11.1 Å². The van der Waals surface area contributed by atoms with Gasteiger partial charge in [0.2, 0.25) is 5.91 Å². The number of likely N-dealkylation sites (tertiary alicyclic amines) is 2. The molecule has 0 aliphatic carbocycles. The summed E-state index contributed by atoms with van der Waals surface area (Å²) in [5.41, 5.74) is 0.153. The molecular weight excluding hydrogens is 403 g/mol. The predicted octanol–water partition coefficient (Wildman–Crippen LogP) is 4.94. The predicted molar refractivity (Wildman–Crippen MR) is 115 cm³/mol. The molecular formula is C24H30F3N3O. The van der Waals surface area contributed by atoms with E-state index in [1.54, 1.807) is 18.2 Å². The molecule has 3 heterocycles. The van der Waals surface area contributed by atoms with Gasteiger partial charge in [0.15, 0.2) is 0 Å². The number of hydrogen-bond donors (Lipinski definition) is 0. The second-order valence-corrected chi connectivity index (χ2v) is 9.39. The van der Waals surface area contributed by atoms with Crippen LogP contribution >= 0.6 is 0 Å². The van der Waals surface area contributed by atoms with Gasteiger partial charge in [-0.15, -0.1) is 0 Å². The second kappa shape index (κ2) is 8.77. The van der Waals surface area contributed by atoms with Gasteiger partial charge in [-0.25, -0.2) is 0 Å². The Bertz CT molecular complexity index is 937. The molecule has 0 radical (unpaired) electrons. The van der Waals surface area contributed by atoms with Crippen molar-refractivity contribution in [2.75, 3.05) is 33.2 Å². The lowest BCUT2D eigenvalue weighted by Gasteiger charge is -2.38. The van der Waals surface area contributed by atoms with E-state index < -0.39 is 11.7 Å². The van der Waals surface area contributed by atoms with Crippen LogP contribution in [0.25, 0.3) is 10.9 Å². The lowest BCUT2D eigenvalue weighted by atomic mass is 9.82. The van der Waals surface area contributed by atoms with Crippen molar-refractivity contribution in [3.63, 3.8) is 0 Å². The van der Waals surface area contributed by atoms with Crippen molar-refractivity contribution in [1.82, 2.24) is 14.8 Å². The van der Waals surface area contributed by atoms with Gasteiger partial charge in [-0.1, -0.05) is 19.1 Å². The van der Waals surface area contributed by atoms with Crippen LogP contribution in [-0.4, -0.2) is 53.9 Å². The molecule has 2 fully saturated rings. The Kier molecular flexibility index (Phi) is 6.24. The Morgan fingerprint density at radius 3 is 2.61 bits per heavy atom. The minimum absolute atomic E-state index is 0.00470. The van der Waals surface area contributed by atoms with Crippen LogP contribution in [0.15, 0.2) is 30.5 Å². The maximum atomic E-state index is 13.5. The van der Waals surface area contributed by atoms with Crippen molar-refractivity contribution in [1.29, 1.82) is 0 Å². The van der Waals surface area contributed by atoms with Crippen molar-refractivity contribution in [3.05, 3.63) is 41.6 Å². The lowest BCUT2D eigenvalue weighted by Crippen LogP contribution is -2.43. The Labute approximate surface area is 181 Å². The largest absolute Gasteiger partial charge is 0.418 e. The van der Waals surface area contributed by atoms with Crippen molar-refractivity contribution in [2.24, 2.45) is 11.8 Å². The minimum Gasteiger partial charge on any atom is -0.342 e. The number of amides is 1. The molecule has 0 N–H and O–H groups in total. The zero-order valence-electron chi connectivity index (χ0n) is 18.2. The van der Waals surface area contributed by atoms with E-state index in [-0.39, 0.29) is 17.3 Å². The molecule has 2 atom stereocenters. The molecule has 0 spiro atoms. The number of rotatable bonds is 3. The van der Waals surface area contributed by atoms with Crippen LogP contribution < -0.4 is 0 Å². The molecule has 2 aromatic rings. The average Bonchev–Trinajstić information content (AvgIpc) is 2.73. The Morgan fingerprint density at radius 2 is 1.90 bits per heavy atom. The summed E-state index contributed by atoms with van der Waals surface area (Å²) < 4.78 is 40.4. The van der Waals surface area contributed by atoms with Crippen LogP contribution in [0.5, 0.6) is 0 Å². The SMILES string of the molecule is CC1C[C@H](c2ccc(C(F)(F)F)c3ncccc23)CN(C(=O)CC2CCN(C)CC2)C1. The van der Waals surface area contributed by atoms with Gasteiger partial charge < -0.3 is 9.80 Å². The number of benzene rings is 1. The maximum Gasteiger partial charge on any atom is 0.418 e. The van der Waals surface area contributed by atoms with Crippen LogP contribution in [0.1, 0.15) is 49.7 Å². The molecule has 0 saturated carbocycles. The van der Waals surface area contributed by atoms with Crippen LogP contribution in [0, 0.1) is 11.8 Å². The molecule has 7 heteroatoms. The van der Waals surface area contributed by atoms with Crippen LogP contribution in [0.3, 0.4) is 0 Å². The van der Waals surface area contributed by atoms with E-state index in [4.69, 9.17) is 0 Å². The van der Waals surface area contributed by atoms with E-state index in [2.05, 4.69) is 23.9 Å². The van der Waals surface area contributed by atoms with Crippen molar-refractivity contribution in [3.8, 4) is 0 Å². The van der Waals surface area contributed by atoms with E-state index in [9.17, 15) is 18.0 Å². The Hall–Kier alpha value is -2.15. The molecule has 31 heavy (non-hydrogen) atoms. The molecule has 2 aliphatic heterocycles. The third-order valence-corrected chi connectivity index (χ3v) is 6.86. The van der Waals surface area contributed by atoms with Gasteiger partial charge in [0, 0.05) is 37.0 Å². The summed E-state index contributed by atoms with van der Waals surface area (Å²) in [5.74, 6) is 0.921. The molecule has 1 unspecified atom stereocenters. The molecule has 4 nitrogen and oxygen atoms in total. The quantitative estimate of drug-likeness (QED) is 0.688. The zero-order valence-corrected chi connectivity index (χ0v) is 18.2. The van der Waals surface area contributed by atoms with Crippen LogP contribution in [-0.2, 0) is 11.0 Å². The molecule has 4 rings (SSSR count). The number of carbonyl (C=O) groups is 1. The van der Waals surface area contributed by atoms with E-state index in [0.717, 1.165) is 50.5 Å². The number of alkyl halides is 3. The molecule has 2 aliphatic rings. The maximum absolute atomic E-state index is 13.5. The van der Waals surface area contributed by atoms with E-state index in [1.807, 2.05) is 4.90 Å². The van der Waals surface area contributed by atoms with Crippen molar-refractivity contribution < 1.29 is 18.0 Å². The van der Waals surface area contributed by atoms with Gasteiger partial charge in [0.1, 0.15) is 0 Å². The molecule has 1 aromatic carbocycles. The highest BCUT2D eigenvalue weighted by Crippen LogP contribution is 2.39. The van der Waals surface area contributed by atoms with Gasteiger partial charge in [-0.05, 0) is 68.9 Å². The topological polar surface area (TPSA) is 36.4 Å². The summed E-state index contributed by atoms with van der Waals surface area (Å²) in [6.45, 7) is 5.46. The number of aromatic nitrogens is 1. The molecule has 1 aromatic heterocycles.